The number of hydrazone groups is 1. The average molecular weight is 465 g/mol. The number of carbonyl (C=O) groups is 1. The molecule has 3 aromatic rings. The van der Waals surface area contributed by atoms with Crippen LogP contribution < -0.4 is 14.9 Å². The number of para-hydroxylation sites is 1. The van der Waals surface area contributed by atoms with Gasteiger partial charge >= 0.3 is 0 Å². The minimum atomic E-state index is -0.375. The van der Waals surface area contributed by atoms with E-state index in [1.807, 2.05) is 60.7 Å². The molecule has 5 nitrogen and oxygen atoms in total. The van der Waals surface area contributed by atoms with Crippen molar-refractivity contribution in [1.29, 1.82) is 0 Å². The van der Waals surface area contributed by atoms with Gasteiger partial charge in [-0.2, -0.15) is 5.10 Å². The summed E-state index contributed by atoms with van der Waals surface area (Å²) in [6, 6.07) is 22.5. The number of ether oxygens (including phenoxy) is 2. The zero-order valence-electron chi connectivity index (χ0n) is 16.3. The standard InChI is InChI=1S/C24H21BrN2O3/c1-2-14-29-22-11-7-6-10-19(22)16-26-27-24(28)21-15-20(25)12-13-23(21)30-17-18-8-4-3-5-9-18/h2-13,15-16H,1,14,17H2,(H,27,28)/b26-16+. The van der Waals surface area contributed by atoms with Crippen LogP contribution in [0.5, 0.6) is 11.5 Å². The van der Waals surface area contributed by atoms with Crippen LogP contribution in [-0.2, 0) is 6.61 Å². The number of hydrogen-bond donors (Lipinski definition) is 1. The molecule has 0 aliphatic rings. The first-order chi connectivity index (χ1) is 14.7. The summed E-state index contributed by atoms with van der Waals surface area (Å²) in [5, 5.41) is 4.07. The van der Waals surface area contributed by atoms with Crippen LogP contribution in [0.15, 0.2) is 95.0 Å². The number of hydrogen-bond acceptors (Lipinski definition) is 4. The third-order valence-corrected chi connectivity index (χ3v) is 4.56. The molecular weight excluding hydrogens is 444 g/mol. The highest BCUT2D eigenvalue weighted by Crippen LogP contribution is 2.24. The topological polar surface area (TPSA) is 59.9 Å². The highest BCUT2D eigenvalue weighted by atomic mass is 79.9. The van der Waals surface area contributed by atoms with Gasteiger partial charge in [-0.15, -0.1) is 0 Å². The van der Waals surface area contributed by atoms with E-state index in [1.54, 1.807) is 24.4 Å². The van der Waals surface area contributed by atoms with Crippen molar-refractivity contribution in [2.75, 3.05) is 6.61 Å². The minimum Gasteiger partial charge on any atom is -0.489 e. The van der Waals surface area contributed by atoms with Crippen LogP contribution in [0.4, 0.5) is 0 Å². The van der Waals surface area contributed by atoms with Gasteiger partial charge in [0, 0.05) is 10.0 Å². The highest BCUT2D eigenvalue weighted by molar-refractivity contribution is 9.10. The van der Waals surface area contributed by atoms with Crippen molar-refractivity contribution in [3.8, 4) is 11.5 Å². The van der Waals surface area contributed by atoms with Crippen molar-refractivity contribution in [2.24, 2.45) is 5.10 Å². The van der Waals surface area contributed by atoms with Crippen LogP contribution in [0.1, 0.15) is 21.5 Å². The van der Waals surface area contributed by atoms with Gasteiger partial charge < -0.3 is 9.47 Å². The Balaban J connectivity index is 1.70. The lowest BCUT2D eigenvalue weighted by Crippen LogP contribution is -2.19. The Morgan fingerprint density at radius 2 is 1.77 bits per heavy atom. The van der Waals surface area contributed by atoms with Crippen LogP contribution in [0.25, 0.3) is 0 Å². The van der Waals surface area contributed by atoms with Gasteiger partial charge in [0.1, 0.15) is 24.7 Å². The van der Waals surface area contributed by atoms with E-state index < -0.39 is 0 Å². The molecule has 0 unspecified atom stereocenters. The number of nitrogens with one attached hydrogen (secondary N) is 1. The van der Waals surface area contributed by atoms with E-state index in [0.29, 0.717) is 30.3 Å². The van der Waals surface area contributed by atoms with E-state index in [2.05, 4.69) is 33.0 Å². The van der Waals surface area contributed by atoms with Crippen molar-refractivity contribution >= 4 is 28.1 Å². The summed E-state index contributed by atoms with van der Waals surface area (Å²) in [4.78, 5) is 12.7. The van der Waals surface area contributed by atoms with Crippen molar-refractivity contribution in [3.05, 3.63) is 107 Å². The number of benzene rings is 3. The predicted octanol–water partition coefficient (Wildman–Crippen LogP) is 5.36. The lowest BCUT2D eigenvalue weighted by molar-refractivity contribution is 0.0950. The third-order valence-electron chi connectivity index (χ3n) is 4.07. The number of carbonyl (C=O) groups excluding carboxylic acids is 1. The third kappa shape index (κ3) is 6.06. The number of halogens is 1. The molecule has 30 heavy (non-hydrogen) atoms. The molecule has 3 rings (SSSR count). The van der Waals surface area contributed by atoms with E-state index >= 15 is 0 Å². The molecule has 1 N–H and O–H groups in total. The Bertz CT molecular complexity index is 1040. The maximum Gasteiger partial charge on any atom is 0.275 e. The summed E-state index contributed by atoms with van der Waals surface area (Å²) < 4.78 is 12.2. The van der Waals surface area contributed by atoms with Gasteiger partial charge in [-0.1, -0.05) is 71.0 Å². The summed E-state index contributed by atoms with van der Waals surface area (Å²) >= 11 is 3.40. The van der Waals surface area contributed by atoms with Gasteiger partial charge in [0.2, 0.25) is 0 Å². The molecule has 0 fully saturated rings. The molecule has 0 heterocycles. The summed E-state index contributed by atoms with van der Waals surface area (Å²) in [5.41, 5.74) is 4.69. The van der Waals surface area contributed by atoms with E-state index in [4.69, 9.17) is 9.47 Å². The summed E-state index contributed by atoms with van der Waals surface area (Å²) in [6.07, 6.45) is 3.21. The Kier molecular flexibility index (Phi) is 7.80. The molecule has 0 aliphatic heterocycles. The molecule has 0 bridgehead atoms. The first-order valence-electron chi connectivity index (χ1n) is 9.30. The van der Waals surface area contributed by atoms with Gasteiger partial charge in [0.25, 0.3) is 5.91 Å². The fourth-order valence-corrected chi connectivity index (χ4v) is 2.99. The monoisotopic (exact) mass is 464 g/mol. The molecule has 0 saturated heterocycles. The zero-order chi connectivity index (χ0) is 21.2. The van der Waals surface area contributed by atoms with Crippen LogP contribution >= 0.6 is 15.9 Å². The second-order valence-electron chi connectivity index (χ2n) is 6.25. The molecule has 0 aliphatic carbocycles. The SMILES string of the molecule is C=CCOc1ccccc1/C=N/NC(=O)c1cc(Br)ccc1OCc1ccccc1. The van der Waals surface area contributed by atoms with Crippen molar-refractivity contribution in [2.45, 2.75) is 6.61 Å². The molecule has 0 spiro atoms. The van der Waals surface area contributed by atoms with Crippen LogP contribution in [-0.4, -0.2) is 18.7 Å². The molecule has 3 aromatic carbocycles. The predicted molar refractivity (Wildman–Crippen MR) is 122 cm³/mol. The van der Waals surface area contributed by atoms with Crippen LogP contribution in [0.3, 0.4) is 0 Å². The maximum atomic E-state index is 12.7. The average Bonchev–Trinajstić information content (AvgIpc) is 2.78. The number of nitrogens with zero attached hydrogens (tertiary/aromatic N) is 1. The minimum absolute atomic E-state index is 0.361. The quantitative estimate of drug-likeness (QED) is 0.263. The smallest absolute Gasteiger partial charge is 0.275 e. The lowest BCUT2D eigenvalue weighted by Gasteiger charge is -2.11. The Morgan fingerprint density at radius 3 is 2.57 bits per heavy atom. The molecule has 1 amide bonds. The molecule has 0 atom stereocenters. The van der Waals surface area contributed by atoms with Gasteiger partial charge in [0.05, 0.1) is 11.8 Å². The largest absolute Gasteiger partial charge is 0.489 e. The maximum absolute atomic E-state index is 12.7. The van der Waals surface area contributed by atoms with E-state index in [0.717, 1.165) is 15.6 Å². The van der Waals surface area contributed by atoms with Gasteiger partial charge in [-0.3, -0.25) is 4.79 Å². The molecule has 152 valence electrons. The van der Waals surface area contributed by atoms with Crippen molar-refractivity contribution in [3.63, 3.8) is 0 Å². The van der Waals surface area contributed by atoms with Gasteiger partial charge in [0.15, 0.2) is 0 Å². The molecule has 0 saturated carbocycles. The molecule has 0 radical (unpaired) electrons. The molecular formula is C24H21BrN2O3. The summed E-state index contributed by atoms with van der Waals surface area (Å²) in [7, 11) is 0. The van der Waals surface area contributed by atoms with Crippen LogP contribution in [0.2, 0.25) is 0 Å². The first kappa shape index (κ1) is 21.3. The highest BCUT2D eigenvalue weighted by Gasteiger charge is 2.13. The number of amides is 1. The van der Waals surface area contributed by atoms with Crippen LogP contribution in [0, 0.1) is 0 Å². The van der Waals surface area contributed by atoms with E-state index in [1.165, 1.54) is 0 Å². The van der Waals surface area contributed by atoms with Gasteiger partial charge in [-0.25, -0.2) is 5.43 Å². The Hall–Kier alpha value is -3.38. The summed E-state index contributed by atoms with van der Waals surface area (Å²) in [5.74, 6) is 0.759. The fourth-order valence-electron chi connectivity index (χ4n) is 2.63. The van der Waals surface area contributed by atoms with Crippen molar-refractivity contribution < 1.29 is 14.3 Å². The second-order valence-corrected chi connectivity index (χ2v) is 7.17. The second kappa shape index (κ2) is 11.0. The first-order valence-corrected chi connectivity index (χ1v) is 10.1. The fraction of sp³-hybridized carbons (Fsp3) is 0.0833. The normalized spacial score (nSPS) is 10.6. The lowest BCUT2D eigenvalue weighted by atomic mass is 10.2. The Morgan fingerprint density at radius 1 is 1.00 bits per heavy atom. The zero-order valence-corrected chi connectivity index (χ0v) is 17.8. The van der Waals surface area contributed by atoms with E-state index in [9.17, 15) is 4.79 Å². The van der Waals surface area contributed by atoms with E-state index in [-0.39, 0.29) is 5.91 Å². The molecule has 6 heteroatoms. The summed E-state index contributed by atoms with van der Waals surface area (Å²) in [6.45, 7) is 4.39. The number of rotatable bonds is 9. The van der Waals surface area contributed by atoms with Crippen molar-refractivity contribution in [1.82, 2.24) is 5.43 Å². The Labute approximate surface area is 184 Å². The van der Waals surface area contributed by atoms with Gasteiger partial charge in [-0.05, 0) is 35.9 Å². The molecule has 0 aromatic heterocycles.